The van der Waals surface area contributed by atoms with Gasteiger partial charge in [0.2, 0.25) is 5.91 Å². The van der Waals surface area contributed by atoms with E-state index < -0.39 is 11.4 Å². The lowest BCUT2D eigenvalue weighted by Gasteiger charge is -2.33. The molecule has 1 heterocycles. The Balaban J connectivity index is 1.76. The van der Waals surface area contributed by atoms with Gasteiger partial charge in [-0.1, -0.05) is 0 Å². The van der Waals surface area contributed by atoms with Gasteiger partial charge in [-0.25, -0.2) is 4.79 Å². The molecule has 0 radical (unpaired) electrons. The third kappa shape index (κ3) is 3.46. The molecule has 2 aliphatic rings. The minimum absolute atomic E-state index is 0.0309. The quantitative estimate of drug-likeness (QED) is 0.784. The Labute approximate surface area is 124 Å². The van der Waals surface area contributed by atoms with E-state index in [9.17, 15) is 14.4 Å². The number of carboxylic acids is 1. The fraction of sp³-hybridized carbons (Fsp3) is 0.786. The molecule has 1 saturated carbocycles. The molecule has 0 atom stereocenters. The van der Waals surface area contributed by atoms with E-state index in [1.54, 1.807) is 19.0 Å². The summed E-state index contributed by atoms with van der Waals surface area (Å²) in [6, 6.07) is -0.0309. The number of nitrogens with zero attached hydrogens (tertiary/aromatic N) is 2. The molecule has 1 aliphatic carbocycles. The molecule has 3 amide bonds. The average molecular weight is 297 g/mol. The van der Waals surface area contributed by atoms with Gasteiger partial charge in [0.15, 0.2) is 0 Å². The highest BCUT2D eigenvalue weighted by molar-refractivity contribution is 5.82. The van der Waals surface area contributed by atoms with Crippen molar-refractivity contribution in [3.8, 4) is 0 Å². The fourth-order valence-electron chi connectivity index (χ4n) is 2.63. The molecule has 0 bridgehead atoms. The van der Waals surface area contributed by atoms with Gasteiger partial charge in [-0.15, -0.1) is 0 Å². The van der Waals surface area contributed by atoms with Gasteiger partial charge in [0.1, 0.15) is 0 Å². The number of hydrogen-bond donors (Lipinski definition) is 2. The summed E-state index contributed by atoms with van der Waals surface area (Å²) in [5.41, 5.74) is -0.725. The summed E-state index contributed by atoms with van der Waals surface area (Å²) in [6.45, 7) is 1.36. The first-order valence-corrected chi connectivity index (χ1v) is 7.33. The Bertz CT molecular complexity index is 438. The molecule has 0 unspecified atom stereocenters. The summed E-state index contributed by atoms with van der Waals surface area (Å²) < 4.78 is 0. The Morgan fingerprint density at radius 3 is 2.24 bits per heavy atom. The molecule has 118 valence electrons. The number of carbonyl (C=O) groups is 3. The van der Waals surface area contributed by atoms with Crippen LogP contribution in [-0.4, -0.2) is 66.5 Å². The summed E-state index contributed by atoms with van der Waals surface area (Å²) in [5.74, 6) is -1.03. The second-order valence-corrected chi connectivity index (χ2v) is 6.24. The van der Waals surface area contributed by atoms with Crippen LogP contribution in [0.3, 0.4) is 0 Å². The topological polar surface area (TPSA) is 90.0 Å². The second-order valence-electron chi connectivity index (χ2n) is 6.24. The van der Waals surface area contributed by atoms with E-state index in [4.69, 9.17) is 5.11 Å². The van der Waals surface area contributed by atoms with Gasteiger partial charge in [0, 0.05) is 39.6 Å². The van der Waals surface area contributed by atoms with E-state index in [0.29, 0.717) is 38.8 Å². The van der Waals surface area contributed by atoms with E-state index in [0.717, 1.165) is 0 Å². The smallest absolute Gasteiger partial charge is 0.319 e. The van der Waals surface area contributed by atoms with Crippen LogP contribution in [-0.2, 0) is 9.59 Å². The minimum atomic E-state index is -0.825. The van der Waals surface area contributed by atoms with Crippen LogP contribution in [0.25, 0.3) is 0 Å². The van der Waals surface area contributed by atoms with Crippen molar-refractivity contribution in [2.24, 2.45) is 11.3 Å². The standard InChI is InChI=1S/C14H23N3O4/c1-16(2)13(21)17-7-3-10(4-8-17)11(18)15-9-14(5-6-14)12(19)20/h10H,3-9H2,1-2H3,(H,15,18)(H,19,20). The number of piperidine rings is 1. The van der Waals surface area contributed by atoms with Crippen LogP contribution >= 0.6 is 0 Å². The van der Waals surface area contributed by atoms with Crippen molar-refractivity contribution in [2.75, 3.05) is 33.7 Å². The maximum atomic E-state index is 12.1. The largest absolute Gasteiger partial charge is 0.481 e. The highest BCUT2D eigenvalue weighted by atomic mass is 16.4. The number of urea groups is 1. The van der Waals surface area contributed by atoms with Crippen LogP contribution in [0.1, 0.15) is 25.7 Å². The number of amides is 3. The zero-order chi connectivity index (χ0) is 15.6. The van der Waals surface area contributed by atoms with Crippen molar-refractivity contribution < 1.29 is 19.5 Å². The first kappa shape index (κ1) is 15.6. The molecule has 0 aromatic heterocycles. The average Bonchev–Trinajstić information content (AvgIpc) is 3.25. The van der Waals surface area contributed by atoms with Crippen molar-refractivity contribution in [1.82, 2.24) is 15.1 Å². The zero-order valence-corrected chi connectivity index (χ0v) is 12.6. The molecular formula is C14H23N3O4. The summed E-state index contributed by atoms with van der Waals surface area (Å²) in [4.78, 5) is 38.2. The van der Waals surface area contributed by atoms with Crippen LogP contribution in [0.5, 0.6) is 0 Å². The number of carboxylic acid groups (broad SMARTS) is 1. The van der Waals surface area contributed by atoms with Gasteiger partial charge in [0.05, 0.1) is 5.41 Å². The molecule has 0 aromatic rings. The summed E-state index contributed by atoms with van der Waals surface area (Å²) in [5, 5.41) is 11.8. The Morgan fingerprint density at radius 1 is 1.24 bits per heavy atom. The highest BCUT2D eigenvalue weighted by Crippen LogP contribution is 2.45. The van der Waals surface area contributed by atoms with Crippen molar-refractivity contribution >= 4 is 17.9 Å². The molecular weight excluding hydrogens is 274 g/mol. The Hall–Kier alpha value is -1.79. The predicted molar refractivity (Wildman–Crippen MR) is 75.7 cm³/mol. The van der Waals surface area contributed by atoms with Crippen molar-refractivity contribution in [3.05, 3.63) is 0 Å². The van der Waals surface area contributed by atoms with Crippen molar-refractivity contribution in [2.45, 2.75) is 25.7 Å². The van der Waals surface area contributed by atoms with E-state index in [1.807, 2.05) is 0 Å². The molecule has 7 heteroatoms. The maximum Gasteiger partial charge on any atom is 0.319 e. The Kier molecular flexibility index (Phi) is 4.39. The number of carbonyl (C=O) groups excluding carboxylic acids is 2. The molecule has 0 spiro atoms. The molecule has 0 aromatic carbocycles. The molecule has 2 rings (SSSR count). The lowest BCUT2D eigenvalue weighted by atomic mass is 9.95. The SMILES string of the molecule is CN(C)C(=O)N1CCC(C(=O)NCC2(C(=O)O)CC2)CC1. The monoisotopic (exact) mass is 297 g/mol. The van der Waals surface area contributed by atoms with E-state index in [-0.39, 0.29) is 24.4 Å². The molecule has 2 fully saturated rings. The number of likely N-dealkylation sites (tertiary alicyclic amines) is 1. The van der Waals surface area contributed by atoms with Crippen LogP contribution in [0.15, 0.2) is 0 Å². The number of rotatable bonds is 4. The molecule has 1 aliphatic heterocycles. The lowest BCUT2D eigenvalue weighted by Crippen LogP contribution is -2.47. The van der Waals surface area contributed by atoms with Gasteiger partial charge in [-0.3, -0.25) is 9.59 Å². The first-order valence-electron chi connectivity index (χ1n) is 7.33. The fourth-order valence-corrected chi connectivity index (χ4v) is 2.63. The molecule has 7 nitrogen and oxygen atoms in total. The van der Waals surface area contributed by atoms with E-state index in [2.05, 4.69) is 5.32 Å². The van der Waals surface area contributed by atoms with Gasteiger partial charge in [-0.05, 0) is 25.7 Å². The molecule has 2 N–H and O–H groups in total. The van der Waals surface area contributed by atoms with Gasteiger partial charge in [-0.2, -0.15) is 0 Å². The predicted octanol–water partition coefficient (Wildman–Crippen LogP) is 0.361. The third-order valence-electron chi connectivity index (χ3n) is 4.43. The van der Waals surface area contributed by atoms with Crippen molar-refractivity contribution in [3.63, 3.8) is 0 Å². The number of hydrogen-bond acceptors (Lipinski definition) is 3. The van der Waals surface area contributed by atoms with E-state index >= 15 is 0 Å². The first-order chi connectivity index (χ1) is 9.85. The van der Waals surface area contributed by atoms with Crippen molar-refractivity contribution in [1.29, 1.82) is 0 Å². The Morgan fingerprint density at radius 2 is 1.81 bits per heavy atom. The minimum Gasteiger partial charge on any atom is -0.481 e. The van der Waals surface area contributed by atoms with E-state index in [1.165, 1.54) is 4.90 Å². The normalized spacial score (nSPS) is 20.8. The number of aliphatic carboxylic acids is 1. The maximum absolute atomic E-state index is 12.1. The second kappa shape index (κ2) is 5.91. The lowest BCUT2D eigenvalue weighted by molar-refractivity contribution is -0.143. The van der Waals surface area contributed by atoms with Gasteiger partial charge < -0.3 is 20.2 Å². The summed E-state index contributed by atoms with van der Waals surface area (Å²) >= 11 is 0. The summed E-state index contributed by atoms with van der Waals surface area (Å²) in [6.07, 6.45) is 2.54. The van der Waals surface area contributed by atoms with Gasteiger partial charge in [0.25, 0.3) is 0 Å². The number of nitrogens with one attached hydrogen (secondary N) is 1. The van der Waals surface area contributed by atoms with Crippen LogP contribution in [0, 0.1) is 11.3 Å². The highest BCUT2D eigenvalue weighted by Gasteiger charge is 2.50. The molecule has 21 heavy (non-hydrogen) atoms. The van der Waals surface area contributed by atoms with Crippen LogP contribution < -0.4 is 5.32 Å². The zero-order valence-electron chi connectivity index (χ0n) is 12.6. The van der Waals surface area contributed by atoms with Gasteiger partial charge >= 0.3 is 12.0 Å². The third-order valence-corrected chi connectivity index (χ3v) is 4.43. The van der Waals surface area contributed by atoms with Crippen LogP contribution in [0.4, 0.5) is 4.79 Å². The summed E-state index contributed by atoms with van der Waals surface area (Å²) in [7, 11) is 3.42. The van der Waals surface area contributed by atoms with Crippen LogP contribution in [0.2, 0.25) is 0 Å². The molecule has 1 saturated heterocycles.